The van der Waals surface area contributed by atoms with Gasteiger partial charge >= 0.3 is 5.97 Å². The smallest absolute Gasteiger partial charge is 0.331 e. The first kappa shape index (κ1) is 21.1. The number of methoxy groups -OCH3 is 1. The summed E-state index contributed by atoms with van der Waals surface area (Å²) >= 11 is 0. The number of hydrogen-bond donors (Lipinski definition) is 2. The lowest BCUT2D eigenvalue weighted by molar-refractivity contribution is -0.145. The highest BCUT2D eigenvalue weighted by Gasteiger charge is 2.35. The van der Waals surface area contributed by atoms with Gasteiger partial charge in [-0.25, -0.2) is 13.2 Å². The number of hydrogen-bond acceptors (Lipinski definition) is 5. The summed E-state index contributed by atoms with van der Waals surface area (Å²) in [7, 11) is -2.28. The molecule has 0 saturated heterocycles. The fourth-order valence-electron chi connectivity index (χ4n) is 2.25. The Morgan fingerprint density at radius 1 is 1.20 bits per heavy atom. The summed E-state index contributed by atoms with van der Waals surface area (Å²) in [6, 6.07) is 5.36. The summed E-state index contributed by atoms with van der Waals surface area (Å²) in [6.45, 7) is 5.29. The highest BCUT2D eigenvalue weighted by Crippen LogP contribution is 2.17. The molecule has 9 heteroatoms. The molecule has 1 atom stereocenters. The number of amides is 1. The van der Waals surface area contributed by atoms with E-state index in [1.807, 2.05) is 0 Å². The number of sulfonamides is 1. The van der Waals surface area contributed by atoms with Gasteiger partial charge < -0.3 is 15.2 Å². The van der Waals surface area contributed by atoms with Gasteiger partial charge in [0.1, 0.15) is 0 Å². The molecule has 0 saturated carbocycles. The summed E-state index contributed by atoms with van der Waals surface area (Å²) in [4.78, 5) is 23.7. The third-order valence-electron chi connectivity index (χ3n) is 3.75. The third-order valence-corrected chi connectivity index (χ3v) is 5.82. The number of carbonyl (C=O) groups is 2. The molecule has 0 aromatic heterocycles. The van der Waals surface area contributed by atoms with Gasteiger partial charge in [0.2, 0.25) is 10.0 Å². The molecule has 140 valence electrons. The Morgan fingerprint density at radius 2 is 1.72 bits per heavy atom. The van der Waals surface area contributed by atoms with Crippen LogP contribution in [0.5, 0.6) is 0 Å². The Morgan fingerprint density at radius 3 is 2.12 bits per heavy atom. The zero-order valence-electron chi connectivity index (χ0n) is 14.8. The van der Waals surface area contributed by atoms with Crippen molar-refractivity contribution < 1.29 is 27.9 Å². The van der Waals surface area contributed by atoms with E-state index in [2.05, 4.69) is 5.32 Å². The van der Waals surface area contributed by atoms with E-state index in [0.717, 1.165) is 0 Å². The van der Waals surface area contributed by atoms with E-state index in [1.165, 1.54) is 42.6 Å². The SMILES string of the molecule is CCN(CC)S(=O)(=O)c1ccc(C(=O)NC(C)(COC)C(=O)O)cc1. The molecule has 0 aliphatic heterocycles. The topological polar surface area (TPSA) is 113 Å². The van der Waals surface area contributed by atoms with Crippen LogP contribution in [0.15, 0.2) is 29.2 Å². The average Bonchev–Trinajstić information content (AvgIpc) is 2.55. The van der Waals surface area contributed by atoms with E-state index in [0.29, 0.717) is 13.1 Å². The van der Waals surface area contributed by atoms with E-state index in [4.69, 9.17) is 4.74 Å². The largest absolute Gasteiger partial charge is 0.479 e. The van der Waals surface area contributed by atoms with Crippen molar-refractivity contribution >= 4 is 21.9 Å². The van der Waals surface area contributed by atoms with Crippen LogP contribution >= 0.6 is 0 Å². The maximum absolute atomic E-state index is 12.4. The summed E-state index contributed by atoms with van der Waals surface area (Å²) in [5.74, 6) is -1.86. The number of aliphatic carboxylic acids is 1. The molecule has 2 N–H and O–H groups in total. The van der Waals surface area contributed by atoms with Gasteiger partial charge in [0.05, 0.1) is 11.5 Å². The van der Waals surface area contributed by atoms with Crippen LogP contribution in [0.4, 0.5) is 0 Å². The van der Waals surface area contributed by atoms with E-state index in [1.54, 1.807) is 13.8 Å². The highest BCUT2D eigenvalue weighted by molar-refractivity contribution is 7.89. The minimum atomic E-state index is -3.61. The molecule has 0 radical (unpaired) electrons. The second-order valence-electron chi connectivity index (χ2n) is 5.64. The van der Waals surface area contributed by atoms with Gasteiger partial charge in [0.15, 0.2) is 5.54 Å². The Labute approximate surface area is 147 Å². The van der Waals surface area contributed by atoms with Crippen LogP contribution in [0.2, 0.25) is 0 Å². The van der Waals surface area contributed by atoms with E-state index in [-0.39, 0.29) is 17.1 Å². The summed E-state index contributed by atoms with van der Waals surface area (Å²) in [5, 5.41) is 11.6. The Kier molecular flexibility index (Phi) is 7.09. The minimum absolute atomic E-state index is 0.0747. The van der Waals surface area contributed by atoms with Crippen LogP contribution < -0.4 is 5.32 Å². The van der Waals surface area contributed by atoms with Crippen molar-refractivity contribution in [3.63, 3.8) is 0 Å². The van der Waals surface area contributed by atoms with Crippen LogP contribution in [-0.4, -0.2) is 62.1 Å². The zero-order valence-corrected chi connectivity index (χ0v) is 15.6. The molecule has 0 spiro atoms. The van der Waals surface area contributed by atoms with Crippen LogP contribution in [0, 0.1) is 0 Å². The van der Waals surface area contributed by atoms with Crippen molar-refractivity contribution in [3.05, 3.63) is 29.8 Å². The standard InChI is InChI=1S/C16H24N2O6S/c1-5-18(6-2)25(22,23)13-9-7-12(8-10-13)14(19)17-16(3,11-24-4)15(20)21/h7-10H,5-6,11H2,1-4H3,(H,17,19)(H,20,21). The molecule has 0 aliphatic carbocycles. The maximum Gasteiger partial charge on any atom is 0.331 e. The lowest BCUT2D eigenvalue weighted by Gasteiger charge is -2.25. The van der Waals surface area contributed by atoms with Gasteiger partial charge in [0.25, 0.3) is 5.91 Å². The number of benzene rings is 1. The van der Waals surface area contributed by atoms with Gasteiger partial charge in [-0.3, -0.25) is 4.79 Å². The first-order valence-corrected chi connectivity index (χ1v) is 9.21. The molecule has 1 aromatic carbocycles. The van der Waals surface area contributed by atoms with Crippen molar-refractivity contribution in [2.24, 2.45) is 0 Å². The highest BCUT2D eigenvalue weighted by atomic mass is 32.2. The number of carboxylic acid groups (broad SMARTS) is 1. The molecule has 0 heterocycles. The van der Waals surface area contributed by atoms with Crippen LogP contribution in [-0.2, 0) is 19.6 Å². The van der Waals surface area contributed by atoms with Crippen molar-refractivity contribution in [3.8, 4) is 0 Å². The molecule has 8 nitrogen and oxygen atoms in total. The lowest BCUT2D eigenvalue weighted by atomic mass is 10.0. The number of nitrogens with one attached hydrogen (secondary N) is 1. The summed E-state index contributed by atoms with van der Waals surface area (Å²) in [6.07, 6.45) is 0. The minimum Gasteiger partial charge on any atom is -0.479 e. The maximum atomic E-state index is 12.4. The molecule has 1 unspecified atom stereocenters. The first-order chi connectivity index (χ1) is 11.6. The van der Waals surface area contributed by atoms with Gasteiger partial charge in [-0.1, -0.05) is 13.8 Å². The average molecular weight is 372 g/mol. The third kappa shape index (κ3) is 4.77. The Hall–Kier alpha value is -1.97. The van der Waals surface area contributed by atoms with Crippen LogP contribution in [0.3, 0.4) is 0 Å². The molecule has 1 rings (SSSR count). The van der Waals surface area contributed by atoms with Gasteiger partial charge in [-0.15, -0.1) is 0 Å². The number of carboxylic acids is 1. The molecule has 1 aromatic rings. The van der Waals surface area contributed by atoms with Crippen molar-refractivity contribution in [2.45, 2.75) is 31.2 Å². The van der Waals surface area contributed by atoms with Crippen molar-refractivity contribution in [1.29, 1.82) is 0 Å². The van der Waals surface area contributed by atoms with Crippen LogP contribution in [0.1, 0.15) is 31.1 Å². The molecular formula is C16H24N2O6S. The monoisotopic (exact) mass is 372 g/mol. The second kappa shape index (κ2) is 8.41. The fourth-order valence-corrected chi connectivity index (χ4v) is 3.71. The summed E-state index contributed by atoms with van der Waals surface area (Å²) < 4.78 is 31.0. The van der Waals surface area contributed by atoms with Crippen molar-refractivity contribution in [1.82, 2.24) is 9.62 Å². The molecule has 25 heavy (non-hydrogen) atoms. The molecular weight excluding hydrogens is 348 g/mol. The number of nitrogens with zero attached hydrogens (tertiary/aromatic N) is 1. The molecule has 0 aliphatic rings. The van der Waals surface area contributed by atoms with Gasteiger partial charge in [0, 0.05) is 25.8 Å². The van der Waals surface area contributed by atoms with Gasteiger partial charge in [-0.05, 0) is 31.2 Å². The van der Waals surface area contributed by atoms with E-state index >= 15 is 0 Å². The summed E-state index contributed by atoms with van der Waals surface area (Å²) in [5.41, 5.74) is -1.43. The zero-order chi connectivity index (χ0) is 19.3. The predicted molar refractivity (Wildman–Crippen MR) is 91.9 cm³/mol. The van der Waals surface area contributed by atoms with E-state index in [9.17, 15) is 23.1 Å². The Balaban J connectivity index is 3.03. The molecule has 0 bridgehead atoms. The predicted octanol–water partition coefficient (Wildman–Crippen LogP) is 0.937. The fraction of sp³-hybridized carbons (Fsp3) is 0.500. The second-order valence-corrected chi connectivity index (χ2v) is 7.58. The normalized spacial score (nSPS) is 14.1. The van der Waals surface area contributed by atoms with E-state index < -0.39 is 27.4 Å². The molecule has 0 fully saturated rings. The lowest BCUT2D eigenvalue weighted by Crippen LogP contribution is -2.55. The number of rotatable bonds is 9. The van der Waals surface area contributed by atoms with Gasteiger partial charge in [-0.2, -0.15) is 4.31 Å². The quantitative estimate of drug-likeness (QED) is 0.667. The van der Waals surface area contributed by atoms with Crippen LogP contribution in [0.25, 0.3) is 0 Å². The van der Waals surface area contributed by atoms with Crippen molar-refractivity contribution in [2.75, 3.05) is 26.8 Å². The molecule has 1 amide bonds. The number of ether oxygens (including phenoxy) is 1. The Bertz CT molecular complexity index is 713. The first-order valence-electron chi connectivity index (χ1n) is 7.77. The number of carbonyl (C=O) groups excluding carboxylic acids is 1.